The van der Waals surface area contributed by atoms with Crippen molar-refractivity contribution in [1.82, 2.24) is 18.9 Å². The molecule has 10 heteroatoms. The van der Waals surface area contributed by atoms with Gasteiger partial charge in [-0.05, 0) is 69.1 Å². The molecule has 1 aromatic carbocycles. The number of nitroso groups, excluding NO2 is 1. The summed E-state index contributed by atoms with van der Waals surface area (Å²) in [4.78, 5) is 30.5. The molecule has 9 nitrogen and oxygen atoms in total. The number of carbonyl (C=O) groups excluding carboxylic acids is 1. The third kappa shape index (κ3) is 5.17. The number of hydrogen-bond donors (Lipinski definition) is 1. The lowest BCUT2D eigenvalue weighted by atomic mass is 9.96. The second kappa shape index (κ2) is 9.88. The summed E-state index contributed by atoms with van der Waals surface area (Å²) in [6, 6.07) is 10.3. The van der Waals surface area contributed by atoms with Crippen molar-refractivity contribution in [1.29, 1.82) is 0 Å². The predicted molar refractivity (Wildman–Crippen MR) is 132 cm³/mol. The van der Waals surface area contributed by atoms with Crippen molar-refractivity contribution in [3.05, 3.63) is 47.0 Å². The molecule has 1 aliphatic rings. The second-order valence-corrected chi connectivity index (χ2v) is 10.1. The minimum Gasteiger partial charge on any atom is -0.356 e. The van der Waals surface area contributed by atoms with Crippen LogP contribution in [0.15, 0.2) is 46.6 Å². The first-order chi connectivity index (χ1) is 15.9. The Morgan fingerprint density at radius 1 is 1.21 bits per heavy atom. The largest absolute Gasteiger partial charge is 0.356 e. The van der Waals surface area contributed by atoms with Crippen LogP contribution in [0.3, 0.4) is 0 Å². The Labute approximate surface area is 197 Å². The maximum absolute atomic E-state index is 11.7. The van der Waals surface area contributed by atoms with Crippen LogP contribution in [0, 0.1) is 10.8 Å². The standard InChI is InChI=1S/C23H29N7O2S/c1-15(2)19-14-24-30-21(25-17-5-7-18(8-6-17)33-28(3)4)13-20(26-22(19)30)29-11-9-16(10-12-29)23(31)27-32/h5-8,13-16,25H,9-12H2,1-4H3. The minimum atomic E-state index is -0.547. The number of nitrogens with one attached hydrogen (secondary N) is 1. The van der Waals surface area contributed by atoms with E-state index in [0.717, 1.165) is 33.4 Å². The van der Waals surface area contributed by atoms with E-state index in [4.69, 9.17) is 4.98 Å². The van der Waals surface area contributed by atoms with Gasteiger partial charge in [0.15, 0.2) is 5.65 Å². The molecule has 0 bridgehead atoms. The third-order valence-corrected chi connectivity index (χ3v) is 6.63. The highest BCUT2D eigenvalue weighted by molar-refractivity contribution is 7.97. The number of aromatic nitrogens is 3. The van der Waals surface area contributed by atoms with E-state index in [9.17, 15) is 9.70 Å². The quantitative estimate of drug-likeness (QED) is 0.395. The maximum Gasteiger partial charge on any atom is 0.289 e. The van der Waals surface area contributed by atoms with Crippen molar-refractivity contribution in [2.75, 3.05) is 37.4 Å². The fraction of sp³-hybridized carbons (Fsp3) is 0.435. The summed E-state index contributed by atoms with van der Waals surface area (Å²) in [5.74, 6) is 1.09. The number of piperidine rings is 1. The number of anilines is 3. The molecule has 174 valence electrons. The summed E-state index contributed by atoms with van der Waals surface area (Å²) >= 11 is 1.67. The van der Waals surface area contributed by atoms with Gasteiger partial charge in [0.1, 0.15) is 11.6 Å². The van der Waals surface area contributed by atoms with Gasteiger partial charge in [-0.15, -0.1) is 4.91 Å². The highest BCUT2D eigenvalue weighted by Crippen LogP contribution is 2.30. The molecule has 0 spiro atoms. The molecule has 0 saturated carbocycles. The van der Waals surface area contributed by atoms with Crippen molar-refractivity contribution >= 4 is 40.8 Å². The maximum atomic E-state index is 11.7. The molecule has 33 heavy (non-hydrogen) atoms. The zero-order chi connectivity index (χ0) is 23.5. The van der Waals surface area contributed by atoms with Crippen LogP contribution >= 0.6 is 11.9 Å². The highest BCUT2D eigenvalue weighted by atomic mass is 32.2. The Bertz CT molecular complexity index is 1140. The van der Waals surface area contributed by atoms with E-state index in [-0.39, 0.29) is 11.8 Å². The van der Waals surface area contributed by atoms with Gasteiger partial charge in [-0.1, -0.05) is 13.8 Å². The second-order valence-electron chi connectivity index (χ2n) is 8.73. The lowest BCUT2D eigenvalue weighted by Gasteiger charge is -2.31. The third-order valence-electron chi connectivity index (χ3n) is 5.78. The van der Waals surface area contributed by atoms with Crippen LogP contribution in [0.5, 0.6) is 0 Å². The van der Waals surface area contributed by atoms with E-state index in [1.165, 1.54) is 0 Å². The summed E-state index contributed by atoms with van der Waals surface area (Å²) < 4.78 is 3.90. The van der Waals surface area contributed by atoms with Gasteiger partial charge in [0.05, 0.1) is 6.20 Å². The normalized spacial score (nSPS) is 14.9. The molecular formula is C23H29N7O2S. The van der Waals surface area contributed by atoms with Crippen LogP contribution in [0.2, 0.25) is 0 Å². The van der Waals surface area contributed by atoms with Crippen molar-refractivity contribution < 1.29 is 4.79 Å². The van der Waals surface area contributed by atoms with E-state index in [2.05, 4.69) is 50.8 Å². The zero-order valence-corrected chi connectivity index (χ0v) is 20.2. The Morgan fingerprint density at radius 3 is 2.52 bits per heavy atom. The van der Waals surface area contributed by atoms with Crippen molar-refractivity contribution in [2.45, 2.75) is 37.5 Å². The van der Waals surface area contributed by atoms with E-state index < -0.39 is 5.91 Å². The Morgan fingerprint density at radius 2 is 1.91 bits per heavy atom. The van der Waals surface area contributed by atoms with E-state index in [0.29, 0.717) is 25.9 Å². The van der Waals surface area contributed by atoms with Gasteiger partial charge >= 0.3 is 0 Å². The molecule has 1 N–H and O–H groups in total. The molecule has 4 rings (SSSR count). The summed E-state index contributed by atoms with van der Waals surface area (Å²) in [6.07, 6.45) is 3.07. The van der Waals surface area contributed by atoms with E-state index >= 15 is 0 Å². The van der Waals surface area contributed by atoms with E-state index in [1.807, 2.05) is 43.0 Å². The Hall–Kier alpha value is -2.98. The summed E-state index contributed by atoms with van der Waals surface area (Å²) in [6.45, 7) is 5.55. The van der Waals surface area contributed by atoms with Gasteiger partial charge in [0, 0.05) is 46.4 Å². The average Bonchev–Trinajstić information content (AvgIpc) is 3.24. The highest BCUT2D eigenvalue weighted by Gasteiger charge is 2.27. The van der Waals surface area contributed by atoms with Crippen LogP contribution < -0.4 is 10.2 Å². The zero-order valence-electron chi connectivity index (χ0n) is 19.4. The fourth-order valence-corrected chi connectivity index (χ4v) is 4.69. The number of nitrogens with zero attached hydrogens (tertiary/aromatic N) is 6. The molecule has 0 aliphatic carbocycles. The summed E-state index contributed by atoms with van der Waals surface area (Å²) in [5, 5.41) is 10.7. The summed E-state index contributed by atoms with van der Waals surface area (Å²) in [7, 11) is 4.04. The number of rotatable bonds is 7. The first-order valence-electron chi connectivity index (χ1n) is 11.1. The number of benzene rings is 1. The number of fused-ring (bicyclic) bond motifs is 1. The average molecular weight is 468 g/mol. The van der Waals surface area contributed by atoms with Crippen molar-refractivity contribution in [3.8, 4) is 0 Å². The van der Waals surface area contributed by atoms with Gasteiger partial charge in [0.25, 0.3) is 5.91 Å². The molecule has 2 aromatic heterocycles. The number of amides is 1. The monoisotopic (exact) mass is 467 g/mol. The molecule has 1 amide bonds. The molecule has 1 aliphatic heterocycles. The lowest BCUT2D eigenvalue weighted by molar-refractivity contribution is -0.122. The molecular weight excluding hydrogens is 438 g/mol. The first kappa shape index (κ1) is 23.2. The smallest absolute Gasteiger partial charge is 0.289 e. The van der Waals surface area contributed by atoms with Crippen LogP contribution in [0.1, 0.15) is 38.2 Å². The molecule has 3 heterocycles. The SMILES string of the molecule is CC(C)c1cnn2c(Nc3ccc(SN(C)C)cc3)cc(N3CCC(C(=O)N=O)CC3)nc12. The van der Waals surface area contributed by atoms with Crippen LogP contribution in [-0.2, 0) is 4.79 Å². The number of hydrogen-bond acceptors (Lipinski definition) is 8. The Balaban J connectivity index is 1.64. The van der Waals surface area contributed by atoms with Crippen LogP contribution in [0.4, 0.5) is 17.3 Å². The molecule has 0 atom stereocenters. The van der Waals surface area contributed by atoms with Crippen LogP contribution in [-0.4, -0.2) is 52.0 Å². The summed E-state index contributed by atoms with van der Waals surface area (Å²) in [5.41, 5.74) is 2.85. The van der Waals surface area contributed by atoms with Gasteiger partial charge in [0.2, 0.25) is 0 Å². The molecule has 0 radical (unpaired) electrons. The van der Waals surface area contributed by atoms with Gasteiger partial charge in [-0.2, -0.15) is 9.61 Å². The number of carbonyl (C=O) groups is 1. The molecule has 3 aromatic rings. The topological polar surface area (TPSA) is 95.2 Å². The van der Waals surface area contributed by atoms with Crippen molar-refractivity contribution in [2.24, 2.45) is 11.1 Å². The molecule has 1 fully saturated rings. The predicted octanol–water partition coefficient (Wildman–Crippen LogP) is 4.67. The molecule has 1 saturated heterocycles. The van der Waals surface area contributed by atoms with E-state index in [1.54, 1.807) is 11.9 Å². The van der Waals surface area contributed by atoms with Crippen LogP contribution in [0.25, 0.3) is 5.65 Å². The minimum absolute atomic E-state index is 0.280. The lowest BCUT2D eigenvalue weighted by Crippen LogP contribution is -2.36. The molecule has 0 unspecified atom stereocenters. The first-order valence-corrected chi connectivity index (χ1v) is 11.9. The fourth-order valence-electron chi connectivity index (χ4n) is 4.01. The van der Waals surface area contributed by atoms with Crippen molar-refractivity contribution in [3.63, 3.8) is 0 Å². The van der Waals surface area contributed by atoms with Gasteiger partial charge < -0.3 is 10.2 Å². The van der Waals surface area contributed by atoms with Gasteiger partial charge in [-0.3, -0.25) is 9.10 Å². The van der Waals surface area contributed by atoms with Gasteiger partial charge in [-0.25, -0.2) is 4.98 Å². The Kier molecular flexibility index (Phi) is 6.94.